The Bertz CT molecular complexity index is 999. The Labute approximate surface area is 174 Å². The molecule has 8 heteroatoms. The van der Waals surface area contributed by atoms with E-state index in [-0.39, 0.29) is 28.2 Å². The Morgan fingerprint density at radius 2 is 2.03 bits per heavy atom. The Morgan fingerprint density at radius 3 is 2.70 bits per heavy atom. The molecule has 158 valence electrons. The summed E-state index contributed by atoms with van der Waals surface area (Å²) >= 11 is 0. The third-order valence-electron chi connectivity index (χ3n) is 7.24. The zero-order valence-corrected chi connectivity index (χ0v) is 17.2. The van der Waals surface area contributed by atoms with E-state index in [0.29, 0.717) is 31.7 Å². The van der Waals surface area contributed by atoms with Crippen LogP contribution in [0.4, 0.5) is 4.39 Å². The lowest BCUT2D eigenvalue weighted by molar-refractivity contribution is -0.0740. The second kappa shape index (κ2) is 6.25. The van der Waals surface area contributed by atoms with E-state index in [1.807, 2.05) is 11.0 Å². The number of hydrogen-bond donors (Lipinski definition) is 0. The third kappa shape index (κ3) is 3.17. The van der Waals surface area contributed by atoms with Crippen molar-refractivity contribution in [2.45, 2.75) is 57.4 Å². The predicted octanol–water partition coefficient (Wildman–Crippen LogP) is 3.35. The SMILES string of the molecule is CC1(COc2ncc(C(=O)N3CC4(CC(n5cnc(C6CC6)n5)C4)C3)cc2F)CC1. The first-order valence-electron chi connectivity index (χ1n) is 10.9. The van der Waals surface area contributed by atoms with Gasteiger partial charge in [0, 0.05) is 36.0 Å². The molecule has 30 heavy (non-hydrogen) atoms. The van der Waals surface area contributed by atoms with E-state index < -0.39 is 5.82 Å². The molecule has 3 heterocycles. The van der Waals surface area contributed by atoms with Crippen molar-refractivity contribution in [1.29, 1.82) is 0 Å². The van der Waals surface area contributed by atoms with E-state index in [4.69, 9.17) is 4.74 Å². The average molecular weight is 411 g/mol. The molecule has 4 aliphatic rings. The molecule has 6 rings (SSSR count). The Hall–Kier alpha value is -2.51. The van der Waals surface area contributed by atoms with Crippen LogP contribution in [0.15, 0.2) is 18.6 Å². The van der Waals surface area contributed by atoms with Crippen molar-refractivity contribution in [3.8, 4) is 5.88 Å². The lowest BCUT2D eigenvalue weighted by Crippen LogP contribution is -2.63. The fourth-order valence-electron chi connectivity index (χ4n) is 4.72. The van der Waals surface area contributed by atoms with Gasteiger partial charge in [0.15, 0.2) is 11.6 Å². The van der Waals surface area contributed by atoms with Gasteiger partial charge in [-0.2, -0.15) is 5.10 Å². The minimum Gasteiger partial charge on any atom is -0.475 e. The van der Waals surface area contributed by atoms with Crippen LogP contribution in [0.5, 0.6) is 5.88 Å². The van der Waals surface area contributed by atoms with Crippen molar-refractivity contribution >= 4 is 5.91 Å². The molecule has 0 unspecified atom stereocenters. The highest BCUT2D eigenvalue weighted by molar-refractivity contribution is 5.94. The molecular formula is C22H26FN5O2. The molecule has 1 spiro atoms. The topological polar surface area (TPSA) is 73.1 Å². The number of ether oxygens (including phenoxy) is 1. The van der Waals surface area contributed by atoms with Gasteiger partial charge in [-0.25, -0.2) is 19.0 Å². The van der Waals surface area contributed by atoms with Gasteiger partial charge >= 0.3 is 0 Å². The van der Waals surface area contributed by atoms with Gasteiger partial charge in [-0.05, 0) is 44.6 Å². The van der Waals surface area contributed by atoms with Gasteiger partial charge < -0.3 is 9.64 Å². The Morgan fingerprint density at radius 1 is 1.27 bits per heavy atom. The van der Waals surface area contributed by atoms with Crippen LogP contribution in [0.2, 0.25) is 0 Å². The molecule has 7 nitrogen and oxygen atoms in total. The monoisotopic (exact) mass is 411 g/mol. The highest BCUT2D eigenvalue weighted by atomic mass is 19.1. The quantitative estimate of drug-likeness (QED) is 0.729. The zero-order valence-electron chi connectivity index (χ0n) is 17.2. The van der Waals surface area contributed by atoms with Crippen LogP contribution in [0.25, 0.3) is 0 Å². The van der Waals surface area contributed by atoms with Gasteiger partial charge in [-0.1, -0.05) is 6.92 Å². The van der Waals surface area contributed by atoms with E-state index >= 15 is 0 Å². The summed E-state index contributed by atoms with van der Waals surface area (Å²) in [5.41, 5.74) is 0.621. The van der Waals surface area contributed by atoms with Gasteiger partial charge in [0.1, 0.15) is 6.33 Å². The lowest BCUT2D eigenvalue weighted by atomic mass is 9.60. The van der Waals surface area contributed by atoms with Crippen molar-refractivity contribution < 1.29 is 13.9 Å². The molecule has 0 N–H and O–H groups in total. The number of aromatic nitrogens is 4. The number of pyridine rings is 1. The van der Waals surface area contributed by atoms with Crippen LogP contribution in [0.1, 0.15) is 73.6 Å². The number of likely N-dealkylation sites (tertiary alicyclic amines) is 1. The molecule has 0 atom stereocenters. The van der Waals surface area contributed by atoms with Gasteiger partial charge in [-0.15, -0.1) is 0 Å². The maximum Gasteiger partial charge on any atom is 0.255 e. The zero-order chi connectivity index (χ0) is 20.5. The number of hydrogen-bond acceptors (Lipinski definition) is 5. The van der Waals surface area contributed by atoms with Gasteiger partial charge in [0.25, 0.3) is 5.91 Å². The minimum absolute atomic E-state index is 0.0139. The number of halogens is 1. The van der Waals surface area contributed by atoms with E-state index in [2.05, 4.69) is 22.0 Å². The third-order valence-corrected chi connectivity index (χ3v) is 7.24. The number of carbonyl (C=O) groups excluding carboxylic acids is 1. The summed E-state index contributed by atoms with van der Waals surface area (Å²) in [5, 5.41) is 4.64. The fourth-order valence-corrected chi connectivity index (χ4v) is 4.72. The number of rotatable bonds is 6. The lowest BCUT2D eigenvalue weighted by Gasteiger charge is -2.58. The maximum atomic E-state index is 14.3. The van der Waals surface area contributed by atoms with Crippen molar-refractivity contribution in [3.63, 3.8) is 0 Å². The molecular weight excluding hydrogens is 385 g/mol. The summed E-state index contributed by atoms with van der Waals surface area (Å²) in [5.74, 6) is 0.809. The predicted molar refractivity (Wildman–Crippen MR) is 106 cm³/mol. The summed E-state index contributed by atoms with van der Waals surface area (Å²) in [6.07, 6.45) is 9.93. The van der Waals surface area contributed by atoms with Crippen molar-refractivity contribution in [1.82, 2.24) is 24.6 Å². The minimum atomic E-state index is -0.568. The van der Waals surface area contributed by atoms with Gasteiger partial charge in [0.2, 0.25) is 5.88 Å². The van der Waals surface area contributed by atoms with E-state index in [1.165, 1.54) is 25.1 Å². The van der Waals surface area contributed by atoms with Crippen LogP contribution in [-0.4, -0.2) is 50.3 Å². The molecule has 1 saturated heterocycles. The summed E-state index contributed by atoms with van der Waals surface area (Å²) in [7, 11) is 0. The van der Waals surface area contributed by atoms with Crippen LogP contribution >= 0.6 is 0 Å². The van der Waals surface area contributed by atoms with Crippen molar-refractivity contribution in [2.24, 2.45) is 10.8 Å². The van der Waals surface area contributed by atoms with Crippen molar-refractivity contribution in [2.75, 3.05) is 19.7 Å². The Kier molecular flexibility index (Phi) is 3.81. The first-order chi connectivity index (χ1) is 14.4. The second-order valence-electron chi connectivity index (χ2n) is 10.2. The highest BCUT2D eigenvalue weighted by Gasteiger charge is 2.54. The first kappa shape index (κ1) is 18.3. The average Bonchev–Trinajstić information content (AvgIpc) is 3.59. The summed E-state index contributed by atoms with van der Waals surface area (Å²) < 4.78 is 21.9. The van der Waals surface area contributed by atoms with Gasteiger partial charge in [-0.3, -0.25) is 4.79 Å². The fraction of sp³-hybridized carbons (Fsp3) is 0.636. The molecule has 3 saturated carbocycles. The smallest absolute Gasteiger partial charge is 0.255 e. The molecule has 3 aliphatic carbocycles. The highest BCUT2D eigenvalue weighted by Crippen LogP contribution is 2.54. The van der Waals surface area contributed by atoms with E-state index in [9.17, 15) is 9.18 Å². The Balaban J connectivity index is 1.03. The van der Waals surface area contributed by atoms with Gasteiger partial charge in [0.05, 0.1) is 18.2 Å². The normalized spacial score (nSPS) is 23.7. The maximum absolute atomic E-state index is 14.3. The van der Waals surface area contributed by atoms with Crippen LogP contribution in [0.3, 0.4) is 0 Å². The standard InChI is InChI=1S/C22H26FN5O2/c1-21(4-5-21)12-30-19-17(23)6-15(9-24-19)20(29)27-10-22(11-27)7-16(8-22)28-13-25-18(26-28)14-2-3-14/h6,9,13-14,16H,2-5,7-8,10-12H2,1H3. The van der Waals surface area contributed by atoms with Crippen LogP contribution in [-0.2, 0) is 0 Å². The largest absolute Gasteiger partial charge is 0.475 e. The molecule has 0 radical (unpaired) electrons. The molecule has 2 aromatic heterocycles. The molecule has 2 aromatic rings. The summed E-state index contributed by atoms with van der Waals surface area (Å²) in [6, 6.07) is 1.63. The summed E-state index contributed by atoms with van der Waals surface area (Å²) in [6.45, 7) is 4.01. The number of carbonyl (C=O) groups is 1. The molecule has 1 amide bonds. The number of nitrogens with zero attached hydrogens (tertiary/aromatic N) is 5. The van der Waals surface area contributed by atoms with Crippen molar-refractivity contribution in [3.05, 3.63) is 35.8 Å². The number of amides is 1. The van der Waals surface area contributed by atoms with E-state index in [1.54, 1.807) is 4.90 Å². The molecule has 4 fully saturated rings. The van der Waals surface area contributed by atoms with E-state index in [0.717, 1.165) is 31.5 Å². The second-order valence-corrected chi connectivity index (χ2v) is 10.2. The molecule has 0 bridgehead atoms. The first-order valence-corrected chi connectivity index (χ1v) is 10.9. The summed E-state index contributed by atoms with van der Waals surface area (Å²) in [4.78, 5) is 23.0. The van der Waals surface area contributed by atoms with Crippen LogP contribution in [0, 0.1) is 16.6 Å². The van der Waals surface area contributed by atoms with Crippen LogP contribution < -0.4 is 4.74 Å². The molecule has 1 aliphatic heterocycles. The molecule has 0 aromatic carbocycles.